The molecular weight excluding hydrogens is 244 g/mol. The van der Waals surface area contributed by atoms with Gasteiger partial charge in [-0.25, -0.2) is 9.59 Å². The lowest BCUT2D eigenvalue weighted by molar-refractivity contribution is -0.134. The maximum absolute atomic E-state index is 12.2. The van der Waals surface area contributed by atoms with Crippen LogP contribution in [-0.2, 0) is 9.53 Å². The number of nitrogens with zero attached hydrogens (tertiary/aromatic N) is 2. The quantitative estimate of drug-likeness (QED) is 0.616. The lowest BCUT2D eigenvalue weighted by atomic mass is 10.2. The molecule has 1 aliphatic heterocycles. The summed E-state index contributed by atoms with van der Waals surface area (Å²) in [5, 5.41) is 0. The summed E-state index contributed by atoms with van der Waals surface area (Å²) in [6, 6.07) is 7.60. The lowest BCUT2D eigenvalue weighted by Crippen LogP contribution is -2.29. The molecule has 5 nitrogen and oxygen atoms in total. The molecule has 0 N–H and O–H groups in total. The zero-order valence-electron chi connectivity index (χ0n) is 11.0. The van der Waals surface area contributed by atoms with Gasteiger partial charge in [0.1, 0.15) is 0 Å². The van der Waals surface area contributed by atoms with E-state index in [-0.39, 0.29) is 6.03 Å². The van der Waals surface area contributed by atoms with Gasteiger partial charge in [-0.1, -0.05) is 18.2 Å². The van der Waals surface area contributed by atoms with Crippen molar-refractivity contribution in [1.29, 1.82) is 0 Å². The maximum atomic E-state index is 12.2. The smallest absolute Gasteiger partial charge is 0.331 e. The molecular formula is C14H16N2O3. The predicted octanol–water partition coefficient (Wildman–Crippen LogP) is 1.92. The minimum Gasteiger partial charge on any atom is -0.466 e. The van der Waals surface area contributed by atoms with Crippen LogP contribution in [0.1, 0.15) is 5.56 Å². The third-order valence-electron chi connectivity index (χ3n) is 3.04. The minimum absolute atomic E-state index is 0.130. The van der Waals surface area contributed by atoms with Crippen LogP contribution in [0.2, 0.25) is 0 Å². The van der Waals surface area contributed by atoms with Gasteiger partial charge in [0.15, 0.2) is 0 Å². The molecule has 0 saturated carbocycles. The standard InChI is InChI=1S/C14H16N2O3/c1-11-5-3-4-6-12(11)16-10-9-15(14(16)18)8-7-13(17)19-2/h3-8H,9-10H2,1-2H3. The minimum atomic E-state index is -0.470. The summed E-state index contributed by atoms with van der Waals surface area (Å²) in [5.74, 6) is -0.470. The molecule has 1 saturated heterocycles. The van der Waals surface area contributed by atoms with Gasteiger partial charge >= 0.3 is 12.0 Å². The molecule has 5 heteroatoms. The third kappa shape index (κ3) is 2.76. The third-order valence-corrected chi connectivity index (χ3v) is 3.04. The molecule has 19 heavy (non-hydrogen) atoms. The maximum Gasteiger partial charge on any atom is 0.331 e. The first-order valence-corrected chi connectivity index (χ1v) is 6.03. The van der Waals surface area contributed by atoms with Gasteiger partial charge in [-0.3, -0.25) is 9.80 Å². The highest BCUT2D eigenvalue weighted by molar-refractivity contribution is 5.96. The largest absolute Gasteiger partial charge is 0.466 e. The monoisotopic (exact) mass is 260 g/mol. The fourth-order valence-electron chi connectivity index (χ4n) is 2.00. The Morgan fingerprint density at radius 1 is 1.32 bits per heavy atom. The van der Waals surface area contributed by atoms with Crippen LogP contribution in [0.4, 0.5) is 10.5 Å². The Bertz CT molecular complexity index is 525. The number of ether oxygens (including phenoxy) is 1. The highest BCUT2D eigenvalue weighted by Crippen LogP contribution is 2.23. The average molecular weight is 260 g/mol. The molecule has 100 valence electrons. The molecule has 0 aliphatic carbocycles. The number of amides is 2. The molecule has 2 amide bonds. The number of rotatable bonds is 3. The van der Waals surface area contributed by atoms with Crippen molar-refractivity contribution < 1.29 is 14.3 Å². The summed E-state index contributed by atoms with van der Waals surface area (Å²) in [6.45, 7) is 3.13. The number of para-hydroxylation sites is 1. The fraction of sp³-hybridized carbons (Fsp3) is 0.286. The second-order valence-corrected chi connectivity index (χ2v) is 4.25. The molecule has 1 aliphatic rings. The van der Waals surface area contributed by atoms with E-state index < -0.39 is 5.97 Å². The topological polar surface area (TPSA) is 49.9 Å². The zero-order valence-corrected chi connectivity index (χ0v) is 11.0. The number of esters is 1. The molecule has 1 aromatic rings. The van der Waals surface area contributed by atoms with Crippen LogP contribution in [-0.4, -0.2) is 37.1 Å². The summed E-state index contributed by atoms with van der Waals surface area (Å²) in [5.41, 5.74) is 1.95. The Balaban J connectivity index is 2.12. The molecule has 0 atom stereocenters. The molecule has 0 unspecified atom stereocenters. The number of hydrogen-bond acceptors (Lipinski definition) is 3. The molecule has 1 aromatic carbocycles. The number of carbonyl (C=O) groups excluding carboxylic acids is 2. The molecule has 1 heterocycles. The first kappa shape index (κ1) is 13.1. The number of benzene rings is 1. The Hall–Kier alpha value is -2.30. The van der Waals surface area contributed by atoms with E-state index in [0.717, 1.165) is 11.3 Å². The molecule has 0 aromatic heterocycles. The number of urea groups is 1. The van der Waals surface area contributed by atoms with Gasteiger partial charge in [0.05, 0.1) is 7.11 Å². The van der Waals surface area contributed by atoms with Crippen LogP contribution in [0, 0.1) is 6.92 Å². The first-order chi connectivity index (χ1) is 9.13. The summed E-state index contributed by atoms with van der Waals surface area (Å²) in [7, 11) is 1.30. The number of methoxy groups -OCH3 is 1. The molecule has 0 radical (unpaired) electrons. The summed E-state index contributed by atoms with van der Waals surface area (Å²) >= 11 is 0. The summed E-state index contributed by atoms with van der Waals surface area (Å²) in [6.07, 6.45) is 2.71. The van der Waals surface area contributed by atoms with Crippen LogP contribution in [0.5, 0.6) is 0 Å². The Morgan fingerprint density at radius 3 is 2.74 bits per heavy atom. The number of aryl methyl sites for hydroxylation is 1. The van der Waals surface area contributed by atoms with E-state index in [9.17, 15) is 9.59 Å². The predicted molar refractivity (Wildman–Crippen MR) is 71.8 cm³/mol. The number of anilines is 1. The Labute approximate surface area is 112 Å². The van der Waals surface area contributed by atoms with Gasteiger partial charge in [-0.05, 0) is 18.6 Å². The Morgan fingerprint density at radius 2 is 2.05 bits per heavy atom. The van der Waals surface area contributed by atoms with E-state index in [0.29, 0.717) is 13.1 Å². The first-order valence-electron chi connectivity index (χ1n) is 6.03. The van der Waals surface area contributed by atoms with Crippen LogP contribution < -0.4 is 4.90 Å². The molecule has 0 bridgehead atoms. The Kier molecular flexibility index (Phi) is 3.85. The van der Waals surface area contributed by atoms with Crippen molar-refractivity contribution in [2.24, 2.45) is 0 Å². The second kappa shape index (κ2) is 5.56. The van der Waals surface area contributed by atoms with Gasteiger partial charge in [-0.2, -0.15) is 0 Å². The average Bonchev–Trinajstić information content (AvgIpc) is 2.78. The zero-order chi connectivity index (χ0) is 13.8. The van der Waals surface area contributed by atoms with Gasteiger partial charge in [0.2, 0.25) is 0 Å². The van der Waals surface area contributed by atoms with Gasteiger partial charge in [0, 0.05) is 31.1 Å². The number of hydrogen-bond donors (Lipinski definition) is 0. The highest BCUT2D eigenvalue weighted by atomic mass is 16.5. The van der Waals surface area contributed by atoms with E-state index in [4.69, 9.17) is 0 Å². The van der Waals surface area contributed by atoms with Crippen molar-refractivity contribution in [3.05, 3.63) is 42.1 Å². The van der Waals surface area contributed by atoms with E-state index >= 15 is 0 Å². The SMILES string of the molecule is COC(=O)C=CN1CCN(c2ccccc2C)C1=O. The summed E-state index contributed by atoms with van der Waals surface area (Å²) < 4.78 is 4.50. The number of carbonyl (C=O) groups is 2. The van der Waals surface area contributed by atoms with Gasteiger partial charge in [-0.15, -0.1) is 0 Å². The van der Waals surface area contributed by atoms with E-state index in [2.05, 4.69) is 4.74 Å². The highest BCUT2D eigenvalue weighted by Gasteiger charge is 2.28. The van der Waals surface area contributed by atoms with Crippen LogP contribution in [0.25, 0.3) is 0 Å². The summed E-state index contributed by atoms with van der Waals surface area (Å²) in [4.78, 5) is 26.4. The van der Waals surface area contributed by atoms with Crippen LogP contribution in [0.15, 0.2) is 36.5 Å². The van der Waals surface area contributed by atoms with Gasteiger partial charge in [0.25, 0.3) is 0 Å². The molecule has 0 spiro atoms. The van der Waals surface area contributed by atoms with Crippen LogP contribution in [0.3, 0.4) is 0 Å². The molecule has 2 rings (SSSR count). The van der Waals surface area contributed by atoms with E-state index in [1.54, 1.807) is 4.90 Å². The second-order valence-electron chi connectivity index (χ2n) is 4.25. The van der Waals surface area contributed by atoms with Gasteiger partial charge < -0.3 is 4.74 Å². The fourth-order valence-corrected chi connectivity index (χ4v) is 2.00. The molecule has 1 fully saturated rings. The lowest BCUT2D eigenvalue weighted by Gasteiger charge is -2.18. The normalized spacial score (nSPS) is 15.4. The van der Waals surface area contributed by atoms with Crippen molar-refractivity contribution in [3.63, 3.8) is 0 Å². The van der Waals surface area contributed by atoms with Crippen molar-refractivity contribution in [3.8, 4) is 0 Å². The van der Waals surface area contributed by atoms with Crippen LogP contribution >= 0.6 is 0 Å². The van der Waals surface area contributed by atoms with Crippen molar-refractivity contribution in [2.75, 3.05) is 25.1 Å². The van der Waals surface area contributed by atoms with E-state index in [1.165, 1.54) is 24.3 Å². The van der Waals surface area contributed by atoms with E-state index in [1.807, 2.05) is 31.2 Å². The van der Waals surface area contributed by atoms with Crippen molar-refractivity contribution >= 4 is 17.7 Å². The van der Waals surface area contributed by atoms with Crippen molar-refractivity contribution in [2.45, 2.75) is 6.92 Å². The van der Waals surface area contributed by atoms with Crippen molar-refractivity contribution in [1.82, 2.24) is 4.90 Å².